The number of terminal acetylenes is 1. The summed E-state index contributed by atoms with van der Waals surface area (Å²) in [5, 5.41) is 11.0. The smallest absolute Gasteiger partial charge is 0.270 e. The van der Waals surface area contributed by atoms with Crippen LogP contribution in [0.25, 0.3) is 10.2 Å². The number of rotatable bonds is 4. The zero-order valence-corrected chi connectivity index (χ0v) is 14.6. The number of carbonyl (C=O) groups is 1. The Morgan fingerprint density at radius 1 is 1.40 bits per heavy atom. The molecule has 0 atom stereocenters. The van der Waals surface area contributed by atoms with Crippen molar-refractivity contribution in [3.63, 3.8) is 0 Å². The van der Waals surface area contributed by atoms with E-state index in [0.29, 0.717) is 21.8 Å². The lowest BCUT2D eigenvalue weighted by Crippen LogP contribution is -2.18. The van der Waals surface area contributed by atoms with E-state index in [9.17, 15) is 14.9 Å². The Bertz CT molecular complexity index is 914. The van der Waals surface area contributed by atoms with Crippen LogP contribution in [0.5, 0.6) is 0 Å². The minimum atomic E-state index is -0.435. The van der Waals surface area contributed by atoms with Gasteiger partial charge >= 0.3 is 0 Å². The van der Waals surface area contributed by atoms with Gasteiger partial charge in [0.2, 0.25) is 5.91 Å². The zero-order valence-electron chi connectivity index (χ0n) is 13.8. The summed E-state index contributed by atoms with van der Waals surface area (Å²) in [5.74, 6) is 2.84. The zero-order chi connectivity index (χ0) is 17.8. The van der Waals surface area contributed by atoms with E-state index in [1.807, 2.05) is 0 Å². The molecule has 1 amide bonds. The first-order valence-electron chi connectivity index (χ1n) is 8.37. The molecule has 25 heavy (non-hydrogen) atoms. The fourth-order valence-corrected chi connectivity index (χ4v) is 4.38. The van der Waals surface area contributed by atoms with E-state index < -0.39 is 4.92 Å². The average molecular weight is 357 g/mol. The number of thiazole rings is 1. The minimum Gasteiger partial charge on any atom is -0.305 e. The molecule has 1 aliphatic rings. The van der Waals surface area contributed by atoms with Gasteiger partial charge in [-0.2, -0.15) is 4.99 Å². The number of nitrogens with zero attached hydrogens (tertiary/aromatic N) is 3. The number of hydrogen-bond acceptors (Lipinski definition) is 4. The van der Waals surface area contributed by atoms with E-state index in [-0.39, 0.29) is 18.1 Å². The maximum absolute atomic E-state index is 12.4. The van der Waals surface area contributed by atoms with E-state index in [1.165, 1.54) is 42.7 Å². The lowest BCUT2D eigenvalue weighted by Gasteiger charge is -2.19. The van der Waals surface area contributed by atoms with Gasteiger partial charge in [0.1, 0.15) is 0 Å². The Morgan fingerprint density at radius 3 is 2.84 bits per heavy atom. The summed E-state index contributed by atoms with van der Waals surface area (Å²) in [7, 11) is 0. The van der Waals surface area contributed by atoms with Gasteiger partial charge in [0.25, 0.3) is 5.69 Å². The maximum Gasteiger partial charge on any atom is 0.270 e. The van der Waals surface area contributed by atoms with E-state index in [0.717, 1.165) is 18.4 Å². The largest absolute Gasteiger partial charge is 0.305 e. The van der Waals surface area contributed by atoms with E-state index >= 15 is 0 Å². The molecule has 1 aromatic heterocycles. The number of aromatic nitrogens is 1. The molecule has 0 aliphatic heterocycles. The molecule has 7 heteroatoms. The molecule has 1 aliphatic carbocycles. The molecule has 0 radical (unpaired) electrons. The molecule has 0 bridgehead atoms. The number of carbonyl (C=O) groups excluding carboxylic acids is 1. The van der Waals surface area contributed by atoms with Gasteiger partial charge < -0.3 is 4.57 Å². The highest BCUT2D eigenvalue weighted by Crippen LogP contribution is 2.27. The molecule has 1 fully saturated rings. The molecule has 0 unspecified atom stereocenters. The summed E-state index contributed by atoms with van der Waals surface area (Å²) in [5.41, 5.74) is 0.777. The fourth-order valence-electron chi connectivity index (χ4n) is 3.30. The molecular weight excluding hydrogens is 338 g/mol. The standard InChI is InChI=1S/C18H19N3O3S/c1-2-10-20-15-9-8-14(21(23)24)12-16(15)25-18(20)19-17(22)11-13-6-4-3-5-7-13/h1,8-9,12-13H,3-7,10-11H2. The minimum absolute atomic E-state index is 0.0155. The summed E-state index contributed by atoms with van der Waals surface area (Å²) in [6.45, 7) is 0.271. The summed E-state index contributed by atoms with van der Waals surface area (Å²) in [4.78, 5) is 27.6. The summed E-state index contributed by atoms with van der Waals surface area (Å²) < 4.78 is 2.47. The molecule has 130 valence electrons. The van der Waals surface area contributed by atoms with Gasteiger partial charge in [0.05, 0.1) is 21.7 Å². The summed E-state index contributed by atoms with van der Waals surface area (Å²) in [6.07, 6.45) is 11.7. The van der Waals surface area contributed by atoms with Crippen molar-refractivity contribution in [1.29, 1.82) is 0 Å². The first-order valence-corrected chi connectivity index (χ1v) is 9.19. The van der Waals surface area contributed by atoms with Crippen molar-refractivity contribution in [2.45, 2.75) is 45.1 Å². The second-order valence-corrected chi connectivity index (χ2v) is 7.31. The highest BCUT2D eigenvalue weighted by atomic mass is 32.1. The molecule has 0 spiro atoms. The van der Waals surface area contributed by atoms with Crippen molar-refractivity contribution >= 4 is 33.1 Å². The number of fused-ring (bicyclic) bond motifs is 1. The van der Waals surface area contributed by atoms with E-state index in [2.05, 4.69) is 10.9 Å². The van der Waals surface area contributed by atoms with Crippen LogP contribution in [-0.4, -0.2) is 15.4 Å². The molecule has 1 saturated carbocycles. The fraction of sp³-hybridized carbons (Fsp3) is 0.444. The quantitative estimate of drug-likeness (QED) is 0.476. The van der Waals surface area contributed by atoms with Gasteiger partial charge in [-0.05, 0) is 24.8 Å². The van der Waals surface area contributed by atoms with E-state index in [1.54, 1.807) is 10.6 Å². The molecule has 6 nitrogen and oxygen atoms in total. The van der Waals surface area contributed by atoms with Crippen molar-refractivity contribution in [3.05, 3.63) is 33.1 Å². The molecule has 0 saturated heterocycles. The number of non-ortho nitro benzene ring substituents is 1. The van der Waals surface area contributed by atoms with Crippen LogP contribution in [0.4, 0.5) is 5.69 Å². The maximum atomic E-state index is 12.4. The molecular formula is C18H19N3O3S. The van der Waals surface area contributed by atoms with Gasteiger partial charge in [-0.3, -0.25) is 14.9 Å². The predicted octanol–water partition coefficient (Wildman–Crippen LogP) is 3.64. The Balaban J connectivity index is 1.95. The van der Waals surface area contributed by atoms with Crippen molar-refractivity contribution in [3.8, 4) is 12.3 Å². The van der Waals surface area contributed by atoms with Gasteiger partial charge in [0.15, 0.2) is 4.80 Å². The van der Waals surface area contributed by atoms with Crippen LogP contribution in [0.3, 0.4) is 0 Å². The Hall–Kier alpha value is -2.46. The predicted molar refractivity (Wildman–Crippen MR) is 97.1 cm³/mol. The Labute approximate surface area is 149 Å². The van der Waals surface area contributed by atoms with E-state index in [4.69, 9.17) is 6.42 Å². The van der Waals surface area contributed by atoms with Crippen LogP contribution in [-0.2, 0) is 11.3 Å². The molecule has 1 heterocycles. The second kappa shape index (κ2) is 7.62. The van der Waals surface area contributed by atoms with Crippen molar-refractivity contribution in [2.75, 3.05) is 0 Å². The summed E-state index contributed by atoms with van der Waals surface area (Å²) in [6, 6.07) is 4.60. The first-order chi connectivity index (χ1) is 12.1. The van der Waals surface area contributed by atoms with Crippen LogP contribution in [0, 0.1) is 28.4 Å². The third kappa shape index (κ3) is 3.97. The Morgan fingerprint density at radius 2 is 2.16 bits per heavy atom. The third-order valence-corrected chi connectivity index (χ3v) is 5.58. The van der Waals surface area contributed by atoms with Crippen molar-refractivity contribution in [1.82, 2.24) is 4.57 Å². The summed E-state index contributed by atoms with van der Waals surface area (Å²) >= 11 is 1.26. The SMILES string of the molecule is C#CCn1c(=NC(=O)CC2CCCCC2)sc2cc([N+](=O)[O-])ccc21. The average Bonchev–Trinajstić information content (AvgIpc) is 2.92. The molecule has 1 aromatic carbocycles. The normalized spacial score (nSPS) is 16.0. The van der Waals surface area contributed by atoms with Crippen LogP contribution >= 0.6 is 11.3 Å². The van der Waals surface area contributed by atoms with Crippen LogP contribution in [0.1, 0.15) is 38.5 Å². The van der Waals surface area contributed by atoms with Crippen LogP contribution in [0.15, 0.2) is 23.2 Å². The lowest BCUT2D eigenvalue weighted by molar-refractivity contribution is -0.384. The van der Waals surface area contributed by atoms with Gasteiger partial charge in [-0.1, -0.05) is 36.5 Å². The number of amides is 1. The third-order valence-electron chi connectivity index (χ3n) is 4.53. The topological polar surface area (TPSA) is 77.5 Å². The van der Waals surface area contributed by atoms with Crippen molar-refractivity contribution < 1.29 is 9.72 Å². The number of nitro groups is 1. The van der Waals surface area contributed by atoms with Gasteiger partial charge in [-0.25, -0.2) is 0 Å². The molecule has 0 N–H and O–H groups in total. The highest BCUT2D eigenvalue weighted by Gasteiger charge is 2.17. The van der Waals surface area contributed by atoms with Gasteiger partial charge in [0, 0.05) is 18.6 Å². The van der Waals surface area contributed by atoms with Crippen molar-refractivity contribution in [2.24, 2.45) is 10.9 Å². The number of hydrogen-bond donors (Lipinski definition) is 0. The second-order valence-electron chi connectivity index (χ2n) is 6.30. The van der Waals surface area contributed by atoms with Crippen LogP contribution < -0.4 is 4.80 Å². The molecule has 2 aromatic rings. The first kappa shape index (κ1) is 17.4. The lowest BCUT2D eigenvalue weighted by atomic mass is 9.87. The Kier molecular flexibility index (Phi) is 5.29. The highest BCUT2D eigenvalue weighted by molar-refractivity contribution is 7.16. The van der Waals surface area contributed by atoms with Crippen LogP contribution in [0.2, 0.25) is 0 Å². The number of benzene rings is 1. The van der Waals surface area contributed by atoms with Gasteiger partial charge in [-0.15, -0.1) is 6.42 Å². The molecule has 3 rings (SSSR count). The number of nitro benzene ring substituents is 1. The monoisotopic (exact) mass is 357 g/mol.